The summed E-state index contributed by atoms with van der Waals surface area (Å²) in [6.07, 6.45) is 2.03. The van der Waals surface area contributed by atoms with Gasteiger partial charge in [-0.15, -0.1) is 0 Å². The van der Waals surface area contributed by atoms with Gasteiger partial charge in [-0.3, -0.25) is 4.90 Å². The lowest BCUT2D eigenvalue weighted by molar-refractivity contribution is 0.00578. The molecule has 0 radical (unpaired) electrons. The van der Waals surface area contributed by atoms with Crippen LogP contribution < -0.4 is 0 Å². The third-order valence-electron chi connectivity index (χ3n) is 5.15. The molecule has 128 valence electrons. The standard InChI is InChI=1S/C19H32BNO2/c1-16(2)21(15-17-11-8-7-9-12-17)14-10-13-20-22-18(3,4)19(5,6)23-20/h7-9,11-12,16H,10,13-15H2,1-6H3. The van der Waals surface area contributed by atoms with Gasteiger partial charge in [0.15, 0.2) is 0 Å². The Bertz CT molecular complexity index is 471. The van der Waals surface area contributed by atoms with Gasteiger partial charge in [0.1, 0.15) is 0 Å². The van der Waals surface area contributed by atoms with Crippen molar-refractivity contribution in [3.8, 4) is 0 Å². The van der Waals surface area contributed by atoms with Gasteiger partial charge in [-0.05, 0) is 66.4 Å². The molecular formula is C19H32BNO2. The number of benzene rings is 1. The first-order chi connectivity index (χ1) is 10.7. The zero-order valence-corrected chi connectivity index (χ0v) is 15.6. The van der Waals surface area contributed by atoms with E-state index in [0.717, 1.165) is 25.8 Å². The summed E-state index contributed by atoms with van der Waals surface area (Å²) >= 11 is 0. The summed E-state index contributed by atoms with van der Waals surface area (Å²) in [7, 11) is -0.0780. The number of hydrogen-bond donors (Lipinski definition) is 0. The molecule has 3 nitrogen and oxygen atoms in total. The lowest BCUT2D eigenvalue weighted by atomic mass is 9.83. The molecule has 0 bridgehead atoms. The topological polar surface area (TPSA) is 21.7 Å². The van der Waals surface area contributed by atoms with Crippen molar-refractivity contribution in [2.75, 3.05) is 6.54 Å². The summed E-state index contributed by atoms with van der Waals surface area (Å²) < 4.78 is 12.2. The SMILES string of the molecule is CC(C)N(CCCB1OC(C)(C)C(C)(C)O1)Cc1ccccc1. The number of nitrogens with zero attached hydrogens (tertiary/aromatic N) is 1. The van der Waals surface area contributed by atoms with E-state index in [9.17, 15) is 0 Å². The van der Waals surface area contributed by atoms with Crippen LogP contribution in [0.4, 0.5) is 0 Å². The Morgan fingerprint density at radius 1 is 1.00 bits per heavy atom. The maximum atomic E-state index is 6.08. The molecule has 23 heavy (non-hydrogen) atoms. The summed E-state index contributed by atoms with van der Waals surface area (Å²) in [5, 5.41) is 0. The van der Waals surface area contributed by atoms with Crippen LogP contribution in [-0.2, 0) is 15.9 Å². The second-order valence-corrected chi connectivity index (χ2v) is 7.88. The molecule has 0 aromatic heterocycles. The molecule has 0 unspecified atom stereocenters. The highest BCUT2D eigenvalue weighted by atomic mass is 16.7. The van der Waals surface area contributed by atoms with E-state index in [-0.39, 0.29) is 18.3 Å². The maximum Gasteiger partial charge on any atom is 0.457 e. The molecule has 0 N–H and O–H groups in total. The van der Waals surface area contributed by atoms with Gasteiger partial charge in [-0.1, -0.05) is 30.3 Å². The Morgan fingerprint density at radius 2 is 1.57 bits per heavy atom. The van der Waals surface area contributed by atoms with Crippen LogP contribution in [0.5, 0.6) is 0 Å². The molecule has 1 aliphatic heterocycles. The van der Waals surface area contributed by atoms with Crippen LogP contribution >= 0.6 is 0 Å². The first kappa shape index (κ1) is 18.5. The Hall–Kier alpha value is -0.835. The zero-order chi connectivity index (χ0) is 17.1. The predicted octanol–water partition coefficient (Wildman–Crippen LogP) is 4.38. The Labute approximate surface area is 142 Å². The molecule has 1 heterocycles. The minimum atomic E-state index is -0.223. The molecule has 1 aromatic rings. The average molecular weight is 317 g/mol. The quantitative estimate of drug-likeness (QED) is 0.697. The normalized spacial score (nSPS) is 19.7. The molecule has 0 saturated carbocycles. The highest BCUT2D eigenvalue weighted by Crippen LogP contribution is 2.37. The van der Waals surface area contributed by atoms with Gasteiger partial charge in [-0.2, -0.15) is 0 Å². The third kappa shape index (κ3) is 4.82. The Kier molecular flexibility index (Phi) is 5.93. The summed E-state index contributed by atoms with van der Waals surface area (Å²) in [5.41, 5.74) is 0.927. The maximum absolute atomic E-state index is 6.08. The molecule has 0 spiro atoms. The highest BCUT2D eigenvalue weighted by molar-refractivity contribution is 6.45. The Morgan fingerprint density at radius 3 is 2.09 bits per heavy atom. The third-order valence-corrected chi connectivity index (χ3v) is 5.15. The van der Waals surface area contributed by atoms with E-state index in [1.54, 1.807) is 0 Å². The highest BCUT2D eigenvalue weighted by Gasteiger charge is 2.50. The fourth-order valence-electron chi connectivity index (χ4n) is 2.88. The molecule has 1 fully saturated rings. The second-order valence-electron chi connectivity index (χ2n) is 7.88. The van der Waals surface area contributed by atoms with Crippen LogP contribution in [0.1, 0.15) is 53.5 Å². The fourth-order valence-corrected chi connectivity index (χ4v) is 2.88. The molecule has 4 heteroatoms. The van der Waals surface area contributed by atoms with Gasteiger partial charge in [0, 0.05) is 12.6 Å². The van der Waals surface area contributed by atoms with Gasteiger partial charge < -0.3 is 9.31 Å². The fraction of sp³-hybridized carbons (Fsp3) is 0.684. The van der Waals surface area contributed by atoms with Crippen LogP contribution in [-0.4, -0.2) is 35.8 Å². The summed E-state index contributed by atoms with van der Waals surface area (Å²) in [6.45, 7) is 15.0. The van der Waals surface area contributed by atoms with Crippen molar-refractivity contribution in [1.82, 2.24) is 4.90 Å². The first-order valence-corrected chi connectivity index (χ1v) is 8.85. The van der Waals surface area contributed by atoms with Gasteiger partial charge in [0.05, 0.1) is 11.2 Å². The van der Waals surface area contributed by atoms with Gasteiger partial charge >= 0.3 is 7.12 Å². The number of rotatable bonds is 7. The lowest BCUT2D eigenvalue weighted by Crippen LogP contribution is -2.41. The molecule has 1 aliphatic rings. The van der Waals surface area contributed by atoms with E-state index in [1.807, 2.05) is 0 Å². The molecule has 0 amide bonds. The zero-order valence-electron chi connectivity index (χ0n) is 15.6. The molecule has 1 saturated heterocycles. The summed E-state index contributed by atoms with van der Waals surface area (Å²) in [4.78, 5) is 2.51. The minimum absolute atomic E-state index is 0.0780. The molecule has 0 atom stereocenters. The van der Waals surface area contributed by atoms with Crippen molar-refractivity contribution in [3.05, 3.63) is 35.9 Å². The van der Waals surface area contributed by atoms with E-state index in [4.69, 9.17) is 9.31 Å². The molecule has 2 rings (SSSR count). The van der Waals surface area contributed by atoms with Crippen molar-refractivity contribution in [2.24, 2.45) is 0 Å². The monoisotopic (exact) mass is 317 g/mol. The second kappa shape index (κ2) is 7.37. The summed E-state index contributed by atoms with van der Waals surface area (Å²) in [6, 6.07) is 11.2. The number of hydrogen-bond acceptors (Lipinski definition) is 3. The van der Waals surface area contributed by atoms with Crippen molar-refractivity contribution in [1.29, 1.82) is 0 Å². The van der Waals surface area contributed by atoms with Crippen molar-refractivity contribution < 1.29 is 9.31 Å². The molecule has 1 aromatic carbocycles. The van der Waals surface area contributed by atoms with E-state index >= 15 is 0 Å². The molecule has 0 aliphatic carbocycles. The lowest BCUT2D eigenvalue weighted by Gasteiger charge is -2.32. The molecular weight excluding hydrogens is 285 g/mol. The smallest absolute Gasteiger partial charge is 0.403 e. The summed E-state index contributed by atoms with van der Waals surface area (Å²) in [5.74, 6) is 0. The van der Waals surface area contributed by atoms with Crippen LogP contribution in [0, 0.1) is 0 Å². The van der Waals surface area contributed by atoms with Crippen molar-refractivity contribution in [3.63, 3.8) is 0 Å². The van der Waals surface area contributed by atoms with E-state index in [0.29, 0.717) is 6.04 Å². The first-order valence-electron chi connectivity index (χ1n) is 8.85. The van der Waals surface area contributed by atoms with Crippen LogP contribution in [0.25, 0.3) is 0 Å². The van der Waals surface area contributed by atoms with Crippen LogP contribution in [0.3, 0.4) is 0 Å². The van der Waals surface area contributed by atoms with Crippen molar-refractivity contribution >= 4 is 7.12 Å². The van der Waals surface area contributed by atoms with E-state index in [2.05, 4.69) is 76.8 Å². The van der Waals surface area contributed by atoms with Crippen molar-refractivity contribution in [2.45, 2.75) is 78.1 Å². The van der Waals surface area contributed by atoms with Gasteiger partial charge in [-0.25, -0.2) is 0 Å². The van der Waals surface area contributed by atoms with Crippen LogP contribution in [0.2, 0.25) is 6.32 Å². The largest absolute Gasteiger partial charge is 0.457 e. The minimum Gasteiger partial charge on any atom is -0.403 e. The van der Waals surface area contributed by atoms with Gasteiger partial charge in [0.25, 0.3) is 0 Å². The average Bonchev–Trinajstić information content (AvgIpc) is 2.66. The Balaban J connectivity index is 1.82. The van der Waals surface area contributed by atoms with Crippen LogP contribution in [0.15, 0.2) is 30.3 Å². The predicted molar refractivity (Wildman–Crippen MR) is 97.5 cm³/mol. The van der Waals surface area contributed by atoms with Gasteiger partial charge in [0.2, 0.25) is 0 Å². The van der Waals surface area contributed by atoms with E-state index in [1.165, 1.54) is 5.56 Å². The van der Waals surface area contributed by atoms with E-state index < -0.39 is 0 Å².